The van der Waals surface area contributed by atoms with Crippen molar-refractivity contribution in [2.45, 2.75) is 13.8 Å². The maximum Gasteiger partial charge on any atom is 0.220 e. The number of hydrogen-bond donors (Lipinski definition) is 0. The van der Waals surface area contributed by atoms with Crippen molar-refractivity contribution in [2.75, 3.05) is 6.61 Å². The van der Waals surface area contributed by atoms with Gasteiger partial charge in [0.05, 0.1) is 6.61 Å². The van der Waals surface area contributed by atoms with Crippen LogP contribution in [0.3, 0.4) is 0 Å². The first-order valence-corrected chi connectivity index (χ1v) is 3.77. The molecule has 0 aromatic rings. The second-order valence-electron chi connectivity index (χ2n) is 2.45. The minimum atomic E-state index is -0.228. The lowest BCUT2D eigenvalue weighted by molar-refractivity contribution is -0.117. The Morgan fingerprint density at radius 3 is 2.42 bits per heavy atom. The summed E-state index contributed by atoms with van der Waals surface area (Å²) in [6, 6.07) is 0. The first-order valence-electron chi connectivity index (χ1n) is 3.77. The molecular formula is C9H10O3. The molecule has 0 amide bonds. The second-order valence-corrected chi connectivity index (χ2v) is 2.45. The van der Waals surface area contributed by atoms with Crippen LogP contribution in [0.4, 0.5) is 0 Å². The van der Waals surface area contributed by atoms with E-state index in [2.05, 4.69) is 0 Å². The molecule has 0 spiro atoms. The van der Waals surface area contributed by atoms with E-state index in [0.717, 1.165) is 0 Å². The van der Waals surface area contributed by atoms with Gasteiger partial charge in [-0.25, -0.2) is 0 Å². The molecule has 0 saturated heterocycles. The van der Waals surface area contributed by atoms with Gasteiger partial charge < -0.3 is 4.74 Å². The van der Waals surface area contributed by atoms with Gasteiger partial charge in [-0.2, -0.15) is 0 Å². The van der Waals surface area contributed by atoms with Gasteiger partial charge in [-0.3, -0.25) is 9.59 Å². The predicted molar refractivity (Wildman–Crippen MR) is 43.5 cm³/mol. The van der Waals surface area contributed by atoms with Crippen LogP contribution in [0.1, 0.15) is 13.8 Å². The summed E-state index contributed by atoms with van der Waals surface area (Å²) in [6.07, 6.45) is 2.50. The molecule has 0 unspecified atom stereocenters. The molecule has 0 radical (unpaired) electrons. The lowest BCUT2D eigenvalue weighted by atomic mass is 10.0. The number of hydrogen-bond acceptors (Lipinski definition) is 3. The van der Waals surface area contributed by atoms with Gasteiger partial charge in [-0.1, -0.05) is 0 Å². The summed E-state index contributed by atoms with van der Waals surface area (Å²) in [4.78, 5) is 22.2. The monoisotopic (exact) mass is 166 g/mol. The Kier molecular flexibility index (Phi) is 2.43. The van der Waals surface area contributed by atoms with Gasteiger partial charge >= 0.3 is 0 Å². The van der Waals surface area contributed by atoms with Crippen molar-refractivity contribution in [3.63, 3.8) is 0 Å². The normalized spacial score (nSPS) is 17.2. The molecule has 0 saturated carbocycles. The zero-order valence-electron chi connectivity index (χ0n) is 7.09. The van der Waals surface area contributed by atoms with E-state index < -0.39 is 0 Å². The average Bonchev–Trinajstić information content (AvgIpc) is 2.06. The molecule has 1 aliphatic carbocycles. The van der Waals surface area contributed by atoms with Crippen LogP contribution in [0.5, 0.6) is 0 Å². The van der Waals surface area contributed by atoms with E-state index in [4.69, 9.17) is 4.74 Å². The summed E-state index contributed by atoms with van der Waals surface area (Å²) in [5.74, 6) is -0.197. The van der Waals surface area contributed by atoms with Gasteiger partial charge in [0.15, 0.2) is 11.5 Å². The van der Waals surface area contributed by atoms with Gasteiger partial charge in [0.1, 0.15) is 0 Å². The summed E-state index contributed by atoms with van der Waals surface area (Å²) in [5.41, 5.74) is 0.393. The summed E-state index contributed by atoms with van der Waals surface area (Å²) >= 11 is 0. The highest BCUT2D eigenvalue weighted by Crippen LogP contribution is 2.14. The number of carbonyl (C=O) groups is 2. The predicted octanol–water partition coefficient (Wildman–Crippen LogP) is 1.00. The highest BCUT2D eigenvalue weighted by Gasteiger charge is 2.19. The Labute approximate surface area is 70.7 Å². The van der Waals surface area contributed by atoms with Crippen molar-refractivity contribution < 1.29 is 14.3 Å². The van der Waals surface area contributed by atoms with Crippen LogP contribution in [0.15, 0.2) is 23.5 Å². The third-order valence-corrected chi connectivity index (χ3v) is 1.61. The molecule has 3 heteroatoms. The van der Waals surface area contributed by atoms with Gasteiger partial charge in [0, 0.05) is 5.57 Å². The molecule has 0 atom stereocenters. The van der Waals surface area contributed by atoms with Crippen molar-refractivity contribution in [3.8, 4) is 0 Å². The number of ether oxygens (including phenoxy) is 1. The van der Waals surface area contributed by atoms with Crippen LogP contribution in [-0.2, 0) is 14.3 Å². The van der Waals surface area contributed by atoms with Crippen LogP contribution in [0.2, 0.25) is 0 Å². The number of rotatable bonds is 2. The molecule has 0 fully saturated rings. The zero-order valence-corrected chi connectivity index (χ0v) is 7.09. The molecule has 0 heterocycles. The standard InChI is InChI=1S/C9H10O3/c1-3-12-9-6(2)7(10)4-5-8(9)11/h4-5H,3H2,1-2H3. The van der Waals surface area contributed by atoms with Crippen LogP contribution in [-0.4, -0.2) is 18.2 Å². The van der Waals surface area contributed by atoms with E-state index >= 15 is 0 Å². The quantitative estimate of drug-likeness (QED) is 0.575. The molecule has 12 heavy (non-hydrogen) atoms. The van der Waals surface area contributed by atoms with E-state index in [1.54, 1.807) is 13.8 Å². The number of carbonyl (C=O) groups excluding carboxylic acids is 2. The zero-order chi connectivity index (χ0) is 9.14. The Balaban J connectivity index is 2.97. The van der Waals surface area contributed by atoms with E-state index in [-0.39, 0.29) is 17.3 Å². The molecule has 1 aliphatic rings. The maximum absolute atomic E-state index is 11.1. The lowest BCUT2D eigenvalue weighted by Crippen LogP contribution is -2.14. The average molecular weight is 166 g/mol. The summed E-state index contributed by atoms with van der Waals surface area (Å²) in [6.45, 7) is 3.77. The van der Waals surface area contributed by atoms with Crippen molar-refractivity contribution in [3.05, 3.63) is 23.5 Å². The molecule has 64 valence electrons. The molecule has 0 aromatic carbocycles. The van der Waals surface area contributed by atoms with Crippen molar-refractivity contribution in [1.29, 1.82) is 0 Å². The van der Waals surface area contributed by atoms with Crippen LogP contribution in [0, 0.1) is 0 Å². The maximum atomic E-state index is 11.1. The SMILES string of the molecule is CCOC1=C(C)C(=O)C=CC1=O. The van der Waals surface area contributed by atoms with Crippen LogP contribution in [0.25, 0.3) is 0 Å². The molecule has 0 aliphatic heterocycles. The molecule has 0 N–H and O–H groups in total. The second kappa shape index (κ2) is 3.34. The van der Waals surface area contributed by atoms with Gasteiger partial charge in [0.25, 0.3) is 0 Å². The van der Waals surface area contributed by atoms with E-state index in [0.29, 0.717) is 12.2 Å². The molecule has 0 bridgehead atoms. The largest absolute Gasteiger partial charge is 0.489 e. The van der Waals surface area contributed by atoms with E-state index in [1.807, 2.05) is 0 Å². The molecule has 3 nitrogen and oxygen atoms in total. The van der Waals surface area contributed by atoms with Crippen LogP contribution < -0.4 is 0 Å². The Bertz CT molecular complexity index is 284. The fraction of sp³-hybridized carbons (Fsp3) is 0.333. The number of allylic oxidation sites excluding steroid dienone is 3. The van der Waals surface area contributed by atoms with Crippen LogP contribution >= 0.6 is 0 Å². The third-order valence-electron chi connectivity index (χ3n) is 1.61. The van der Waals surface area contributed by atoms with Crippen molar-refractivity contribution >= 4 is 11.6 Å². The lowest BCUT2D eigenvalue weighted by Gasteiger charge is -2.10. The minimum absolute atomic E-state index is 0.155. The fourth-order valence-electron chi connectivity index (χ4n) is 0.972. The molecular weight excluding hydrogens is 156 g/mol. The topological polar surface area (TPSA) is 43.4 Å². The minimum Gasteiger partial charge on any atom is -0.489 e. The van der Waals surface area contributed by atoms with Crippen molar-refractivity contribution in [2.24, 2.45) is 0 Å². The first-order chi connectivity index (χ1) is 5.66. The van der Waals surface area contributed by atoms with Gasteiger partial charge in [0.2, 0.25) is 5.78 Å². The Morgan fingerprint density at radius 2 is 1.83 bits per heavy atom. The summed E-state index contributed by atoms with van der Waals surface area (Å²) < 4.78 is 5.04. The van der Waals surface area contributed by atoms with Gasteiger partial charge in [-0.05, 0) is 26.0 Å². The Hall–Kier alpha value is -1.38. The smallest absolute Gasteiger partial charge is 0.220 e. The molecule has 0 aromatic heterocycles. The highest BCUT2D eigenvalue weighted by molar-refractivity contribution is 6.18. The van der Waals surface area contributed by atoms with E-state index in [9.17, 15) is 9.59 Å². The van der Waals surface area contributed by atoms with E-state index in [1.165, 1.54) is 12.2 Å². The fourth-order valence-corrected chi connectivity index (χ4v) is 0.972. The number of ketones is 2. The highest BCUT2D eigenvalue weighted by atomic mass is 16.5. The van der Waals surface area contributed by atoms with Crippen molar-refractivity contribution in [1.82, 2.24) is 0 Å². The van der Waals surface area contributed by atoms with Gasteiger partial charge in [-0.15, -0.1) is 0 Å². The third kappa shape index (κ3) is 1.44. The molecule has 1 rings (SSSR count). The summed E-state index contributed by atoms with van der Waals surface area (Å²) in [5, 5.41) is 0. The first kappa shape index (κ1) is 8.71. The summed E-state index contributed by atoms with van der Waals surface area (Å²) in [7, 11) is 0. The Morgan fingerprint density at radius 1 is 1.25 bits per heavy atom.